The summed E-state index contributed by atoms with van der Waals surface area (Å²) in [7, 11) is 4.69. The van der Waals surface area contributed by atoms with Crippen LogP contribution in [0.5, 0.6) is 11.5 Å². The molecule has 0 saturated heterocycles. The molecule has 0 atom stereocenters. The van der Waals surface area contributed by atoms with Gasteiger partial charge in [-0.15, -0.1) is 5.10 Å². The standard InChI is InChI=1S/C23H24N4O4/c1-27(2)26-25-24-22(23(28)29-3)18-9-11-20(12-10-18)30-14-15-31-21-13-8-17-6-4-5-7-19(17)16-21/h4-13,16H,14-15H2,1-3H3/b24-22+,26-25+. The van der Waals surface area contributed by atoms with Crippen molar-refractivity contribution in [2.75, 3.05) is 34.4 Å². The molecule has 8 heteroatoms. The molecule has 8 nitrogen and oxygen atoms in total. The molecule has 0 N–H and O–H groups in total. The molecule has 0 spiro atoms. The first-order valence-electron chi connectivity index (χ1n) is 9.66. The zero-order valence-corrected chi connectivity index (χ0v) is 17.7. The fourth-order valence-corrected chi connectivity index (χ4v) is 2.74. The minimum absolute atomic E-state index is 0.0549. The Morgan fingerprint density at radius 3 is 2.19 bits per heavy atom. The van der Waals surface area contributed by atoms with E-state index in [1.807, 2.05) is 36.4 Å². The van der Waals surface area contributed by atoms with E-state index in [1.165, 1.54) is 17.5 Å². The van der Waals surface area contributed by atoms with Gasteiger partial charge in [-0.3, -0.25) is 5.01 Å². The third kappa shape index (κ3) is 6.27. The number of methoxy groups -OCH3 is 1. The van der Waals surface area contributed by atoms with Crippen LogP contribution >= 0.6 is 0 Å². The third-order valence-corrected chi connectivity index (χ3v) is 4.21. The molecule has 3 aromatic carbocycles. The van der Waals surface area contributed by atoms with Crippen molar-refractivity contribution in [3.05, 3.63) is 72.3 Å². The van der Waals surface area contributed by atoms with Crippen LogP contribution in [0.25, 0.3) is 10.8 Å². The lowest BCUT2D eigenvalue weighted by molar-refractivity contribution is -0.132. The van der Waals surface area contributed by atoms with Crippen LogP contribution in [0.4, 0.5) is 0 Å². The monoisotopic (exact) mass is 420 g/mol. The number of hydrogen-bond acceptors (Lipinski definition) is 6. The SMILES string of the molecule is COC(=O)/C(=N/N=N/N(C)C)c1ccc(OCCOc2ccc3ccccc3c2)cc1. The summed E-state index contributed by atoms with van der Waals surface area (Å²) in [5.74, 6) is 0.837. The van der Waals surface area contributed by atoms with E-state index < -0.39 is 5.97 Å². The fraction of sp³-hybridized carbons (Fsp3) is 0.217. The molecule has 160 valence electrons. The maximum Gasteiger partial charge on any atom is 0.359 e. The number of hydrogen-bond donors (Lipinski definition) is 0. The highest BCUT2D eigenvalue weighted by molar-refractivity contribution is 6.43. The van der Waals surface area contributed by atoms with Crippen LogP contribution in [0, 0.1) is 0 Å². The average Bonchev–Trinajstić information content (AvgIpc) is 2.79. The first-order valence-corrected chi connectivity index (χ1v) is 9.66. The van der Waals surface area contributed by atoms with Crippen molar-refractivity contribution in [1.29, 1.82) is 0 Å². The van der Waals surface area contributed by atoms with Gasteiger partial charge in [0.2, 0.25) is 0 Å². The normalized spacial score (nSPS) is 11.5. The van der Waals surface area contributed by atoms with Gasteiger partial charge in [-0.2, -0.15) is 0 Å². The summed E-state index contributed by atoms with van der Waals surface area (Å²) < 4.78 is 16.3. The lowest BCUT2D eigenvalue weighted by atomic mass is 10.1. The first-order chi connectivity index (χ1) is 15.1. The molecule has 0 aromatic heterocycles. The smallest absolute Gasteiger partial charge is 0.359 e. The van der Waals surface area contributed by atoms with Gasteiger partial charge in [0.15, 0.2) is 5.71 Å². The van der Waals surface area contributed by atoms with Gasteiger partial charge in [-0.1, -0.05) is 35.6 Å². The van der Waals surface area contributed by atoms with Gasteiger partial charge in [0, 0.05) is 19.7 Å². The highest BCUT2D eigenvalue weighted by Crippen LogP contribution is 2.20. The van der Waals surface area contributed by atoms with Gasteiger partial charge in [0.1, 0.15) is 24.7 Å². The summed E-state index contributed by atoms with van der Waals surface area (Å²) in [5, 5.41) is 15.0. The predicted molar refractivity (Wildman–Crippen MR) is 118 cm³/mol. The molecule has 3 aromatic rings. The topological polar surface area (TPSA) is 85.1 Å². The van der Waals surface area contributed by atoms with Crippen LogP contribution in [0.2, 0.25) is 0 Å². The Balaban J connectivity index is 1.56. The Kier molecular flexibility index (Phi) is 7.53. The van der Waals surface area contributed by atoms with Gasteiger partial charge in [0.05, 0.1) is 7.11 Å². The third-order valence-electron chi connectivity index (χ3n) is 4.21. The molecule has 0 unspecified atom stereocenters. The number of ether oxygens (including phenoxy) is 3. The maximum atomic E-state index is 12.0. The van der Waals surface area contributed by atoms with E-state index in [0.29, 0.717) is 24.5 Å². The van der Waals surface area contributed by atoms with E-state index in [1.54, 1.807) is 38.4 Å². The number of carbonyl (C=O) groups is 1. The second-order valence-electron chi connectivity index (χ2n) is 6.70. The number of benzene rings is 3. The summed E-state index contributed by atoms with van der Waals surface area (Å²) in [6, 6.07) is 21.0. The highest BCUT2D eigenvalue weighted by atomic mass is 16.5. The van der Waals surface area contributed by atoms with Gasteiger partial charge in [-0.05, 0) is 52.4 Å². The summed E-state index contributed by atoms with van der Waals surface area (Å²) in [6.45, 7) is 0.779. The zero-order valence-electron chi connectivity index (χ0n) is 17.7. The fourth-order valence-electron chi connectivity index (χ4n) is 2.74. The van der Waals surface area contributed by atoms with Crippen molar-refractivity contribution in [3.8, 4) is 11.5 Å². The Morgan fingerprint density at radius 1 is 0.871 bits per heavy atom. The van der Waals surface area contributed by atoms with E-state index >= 15 is 0 Å². The number of esters is 1. The summed E-state index contributed by atoms with van der Waals surface area (Å²) >= 11 is 0. The van der Waals surface area contributed by atoms with Crippen LogP contribution in [-0.4, -0.2) is 51.1 Å². The average molecular weight is 420 g/mol. The molecule has 0 heterocycles. The molecule has 0 radical (unpaired) electrons. The number of nitrogens with zero attached hydrogens (tertiary/aromatic N) is 4. The largest absolute Gasteiger partial charge is 0.490 e. The van der Waals surface area contributed by atoms with Crippen molar-refractivity contribution >= 4 is 22.5 Å². The molecule has 0 amide bonds. The van der Waals surface area contributed by atoms with E-state index in [0.717, 1.165) is 11.1 Å². The van der Waals surface area contributed by atoms with Crippen LogP contribution < -0.4 is 9.47 Å². The summed E-state index contributed by atoms with van der Waals surface area (Å²) in [5.41, 5.74) is 0.601. The second-order valence-corrected chi connectivity index (χ2v) is 6.70. The summed E-state index contributed by atoms with van der Waals surface area (Å²) in [6.07, 6.45) is 0. The molecule has 0 bridgehead atoms. The molecule has 0 aliphatic heterocycles. The van der Waals surface area contributed by atoms with Crippen molar-refractivity contribution in [2.45, 2.75) is 0 Å². The summed E-state index contributed by atoms with van der Waals surface area (Å²) in [4.78, 5) is 12.0. The van der Waals surface area contributed by atoms with Crippen molar-refractivity contribution in [3.63, 3.8) is 0 Å². The van der Waals surface area contributed by atoms with Crippen molar-refractivity contribution in [1.82, 2.24) is 5.01 Å². The van der Waals surface area contributed by atoms with Crippen LogP contribution in [0.1, 0.15) is 5.56 Å². The number of fused-ring (bicyclic) bond motifs is 1. The Labute approximate surface area is 180 Å². The van der Waals surface area contributed by atoms with E-state index in [2.05, 4.69) is 21.6 Å². The van der Waals surface area contributed by atoms with Crippen molar-refractivity contribution in [2.24, 2.45) is 15.5 Å². The Hall–Kier alpha value is -3.94. The van der Waals surface area contributed by atoms with Crippen LogP contribution in [0.15, 0.2) is 82.3 Å². The number of rotatable bonds is 9. The van der Waals surface area contributed by atoms with Crippen LogP contribution in [0.3, 0.4) is 0 Å². The highest BCUT2D eigenvalue weighted by Gasteiger charge is 2.15. The minimum atomic E-state index is -0.602. The number of carbonyl (C=O) groups excluding carboxylic acids is 1. The molecular weight excluding hydrogens is 396 g/mol. The quantitative estimate of drug-likeness (QED) is 0.171. The van der Waals surface area contributed by atoms with Gasteiger partial charge >= 0.3 is 5.97 Å². The second kappa shape index (κ2) is 10.7. The maximum absolute atomic E-state index is 12.0. The molecule has 0 aliphatic rings. The Bertz CT molecular complexity index is 1080. The predicted octanol–water partition coefficient (Wildman–Crippen LogP) is 4.10. The Morgan fingerprint density at radius 2 is 1.52 bits per heavy atom. The first kappa shape index (κ1) is 21.8. The van der Waals surface area contributed by atoms with Crippen molar-refractivity contribution < 1.29 is 19.0 Å². The molecule has 31 heavy (non-hydrogen) atoms. The van der Waals surface area contributed by atoms with Gasteiger partial charge in [-0.25, -0.2) is 4.79 Å². The molecule has 0 fully saturated rings. The molecular formula is C23H24N4O4. The zero-order chi connectivity index (χ0) is 22.1. The van der Waals surface area contributed by atoms with E-state index in [9.17, 15) is 4.79 Å². The van der Waals surface area contributed by atoms with E-state index in [-0.39, 0.29) is 5.71 Å². The van der Waals surface area contributed by atoms with Crippen LogP contribution in [-0.2, 0) is 9.53 Å². The van der Waals surface area contributed by atoms with E-state index in [4.69, 9.17) is 14.2 Å². The lowest BCUT2D eigenvalue weighted by Gasteiger charge is -2.10. The van der Waals surface area contributed by atoms with Gasteiger partial charge in [0.25, 0.3) is 0 Å². The minimum Gasteiger partial charge on any atom is -0.490 e. The lowest BCUT2D eigenvalue weighted by Crippen LogP contribution is -2.17. The van der Waals surface area contributed by atoms with Gasteiger partial charge < -0.3 is 14.2 Å². The molecule has 0 saturated carbocycles. The molecule has 0 aliphatic carbocycles. The molecule has 3 rings (SSSR count).